The van der Waals surface area contributed by atoms with Crippen molar-refractivity contribution in [3.05, 3.63) is 65.2 Å². The number of hydrogen-bond acceptors (Lipinski definition) is 5. The van der Waals surface area contributed by atoms with Gasteiger partial charge in [0.25, 0.3) is 0 Å². The minimum atomic E-state index is -1.17. The van der Waals surface area contributed by atoms with Crippen LogP contribution in [0.2, 0.25) is 0 Å². The van der Waals surface area contributed by atoms with Crippen LogP contribution < -0.4 is 14.2 Å². The van der Waals surface area contributed by atoms with E-state index in [9.17, 15) is 14.7 Å². The molecule has 1 atom stereocenters. The third kappa shape index (κ3) is 2.74. The molecule has 3 aromatic carbocycles. The number of aromatic carboxylic acids is 1. The van der Waals surface area contributed by atoms with Gasteiger partial charge in [0.1, 0.15) is 17.4 Å². The second-order valence-electron chi connectivity index (χ2n) is 6.46. The molecule has 6 heteroatoms. The lowest BCUT2D eigenvalue weighted by atomic mass is 9.90. The Morgan fingerprint density at radius 2 is 1.86 bits per heavy atom. The Morgan fingerprint density at radius 1 is 1.07 bits per heavy atom. The van der Waals surface area contributed by atoms with E-state index < -0.39 is 12.1 Å². The molecule has 1 heterocycles. The fourth-order valence-corrected chi connectivity index (χ4v) is 3.71. The van der Waals surface area contributed by atoms with Gasteiger partial charge < -0.3 is 19.3 Å². The summed E-state index contributed by atoms with van der Waals surface area (Å²) in [5, 5.41) is 11.5. The zero-order chi connectivity index (χ0) is 19.8. The number of carboxylic acids is 1. The van der Waals surface area contributed by atoms with Gasteiger partial charge in [0, 0.05) is 5.56 Å². The second kappa shape index (κ2) is 6.88. The summed E-state index contributed by atoms with van der Waals surface area (Å²) in [6, 6.07) is 14.5. The fraction of sp³-hybridized carbons (Fsp3) is 0.182. The Bertz CT molecular complexity index is 1100. The molecule has 0 spiro atoms. The van der Waals surface area contributed by atoms with E-state index in [2.05, 4.69) is 0 Å². The first-order chi connectivity index (χ1) is 13.5. The molecule has 1 aliphatic rings. The summed E-state index contributed by atoms with van der Waals surface area (Å²) in [5.41, 5.74) is 0.841. The van der Waals surface area contributed by atoms with Crippen LogP contribution in [0, 0.1) is 0 Å². The van der Waals surface area contributed by atoms with Gasteiger partial charge in [0.05, 0.1) is 26.2 Å². The molecule has 4 rings (SSSR count). The van der Waals surface area contributed by atoms with Crippen molar-refractivity contribution >= 4 is 22.5 Å². The van der Waals surface area contributed by atoms with E-state index in [0.29, 0.717) is 22.6 Å². The van der Waals surface area contributed by atoms with E-state index in [1.807, 2.05) is 30.3 Å². The van der Waals surface area contributed by atoms with E-state index in [0.717, 1.165) is 10.8 Å². The maximum Gasteiger partial charge on any atom is 0.340 e. The number of rotatable bonds is 4. The first-order valence-electron chi connectivity index (χ1n) is 8.75. The van der Waals surface area contributed by atoms with Gasteiger partial charge in [0.2, 0.25) is 0 Å². The lowest BCUT2D eigenvalue weighted by Crippen LogP contribution is -2.23. The van der Waals surface area contributed by atoms with Crippen molar-refractivity contribution in [3.8, 4) is 17.2 Å². The normalized spacial score (nSPS) is 15.6. The zero-order valence-electron chi connectivity index (χ0n) is 15.4. The van der Waals surface area contributed by atoms with Gasteiger partial charge >= 0.3 is 5.97 Å². The van der Waals surface area contributed by atoms with Crippen LogP contribution in [0.4, 0.5) is 0 Å². The Morgan fingerprint density at radius 3 is 2.57 bits per heavy atom. The average molecular weight is 378 g/mol. The first kappa shape index (κ1) is 17.9. The highest BCUT2D eigenvalue weighted by atomic mass is 16.5. The number of fused-ring (bicyclic) bond motifs is 3. The number of ketones is 1. The molecule has 0 unspecified atom stereocenters. The quantitative estimate of drug-likeness (QED) is 0.730. The number of hydrogen-bond donors (Lipinski definition) is 1. The number of methoxy groups -OCH3 is 2. The highest BCUT2D eigenvalue weighted by molar-refractivity contribution is 6.11. The molecule has 1 N–H and O–H groups in total. The molecule has 0 bridgehead atoms. The SMILES string of the molecule is COc1ccc([C@H]2CC(=O)c3c(ccc4ccccc34)O2)c(C(=O)O)c1OC. The van der Waals surface area contributed by atoms with Crippen LogP contribution in [-0.4, -0.2) is 31.1 Å². The lowest BCUT2D eigenvalue weighted by molar-refractivity contribution is 0.0678. The molecule has 0 aromatic heterocycles. The Labute approximate surface area is 161 Å². The number of Topliss-reactive ketones (excluding diaryl/α,β-unsaturated/α-hetero) is 1. The average Bonchev–Trinajstić information content (AvgIpc) is 2.71. The van der Waals surface area contributed by atoms with Crippen molar-refractivity contribution in [3.63, 3.8) is 0 Å². The van der Waals surface area contributed by atoms with Gasteiger partial charge in [-0.05, 0) is 22.9 Å². The third-order valence-corrected chi connectivity index (χ3v) is 4.95. The molecule has 3 aromatic rings. The molecule has 0 radical (unpaired) electrons. The number of ether oxygens (including phenoxy) is 3. The van der Waals surface area contributed by atoms with Gasteiger partial charge in [-0.1, -0.05) is 36.4 Å². The summed E-state index contributed by atoms with van der Waals surface area (Å²) in [5.74, 6) is -0.406. The molecule has 0 fully saturated rings. The molecule has 142 valence electrons. The minimum absolute atomic E-state index is 0.0385. The maximum atomic E-state index is 13.0. The van der Waals surface area contributed by atoms with Crippen molar-refractivity contribution in [2.75, 3.05) is 14.2 Å². The Hall–Kier alpha value is -3.54. The van der Waals surface area contributed by atoms with Gasteiger partial charge in [-0.15, -0.1) is 0 Å². The standard InChI is InChI=1S/C22H18O6/c1-26-17-10-8-14(20(22(24)25)21(17)27-2)18-11-15(23)19-13-6-4-3-5-12(13)7-9-16(19)28-18/h3-10,18H,11H2,1-2H3,(H,24,25)/t18-/m1/s1. The monoisotopic (exact) mass is 378 g/mol. The number of carbonyl (C=O) groups excluding carboxylic acids is 1. The number of carbonyl (C=O) groups is 2. The van der Waals surface area contributed by atoms with Crippen molar-refractivity contribution in [2.24, 2.45) is 0 Å². The minimum Gasteiger partial charge on any atom is -0.493 e. The molecular weight excluding hydrogens is 360 g/mol. The van der Waals surface area contributed by atoms with Gasteiger partial charge in [-0.3, -0.25) is 4.79 Å². The molecule has 0 amide bonds. The summed E-state index contributed by atoms with van der Waals surface area (Å²) in [6.07, 6.45) is -0.691. The smallest absolute Gasteiger partial charge is 0.340 e. The maximum absolute atomic E-state index is 13.0. The van der Waals surface area contributed by atoms with Crippen LogP contribution in [0.15, 0.2) is 48.5 Å². The molecule has 0 aliphatic carbocycles. The number of benzene rings is 3. The third-order valence-electron chi connectivity index (χ3n) is 4.95. The topological polar surface area (TPSA) is 82.1 Å². The largest absolute Gasteiger partial charge is 0.493 e. The van der Waals surface area contributed by atoms with E-state index in [1.165, 1.54) is 14.2 Å². The van der Waals surface area contributed by atoms with Crippen LogP contribution in [-0.2, 0) is 0 Å². The van der Waals surface area contributed by atoms with Crippen LogP contribution in [0.25, 0.3) is 10.8 Å². The van der Waals surface area contributed by atoms with Crippen LogP contribution >= 0.6 is 0 Å². The van der Waals surface area contributed by atoms with Crippen LogP contribution in [0.3, 0.4) is 0 Å². The van der Waals surface area contributed by atoms with E-state index in [4.69, 9.17) is 14.2 Å². The Kier molecular flexibility index (Phi) is 4.39. The molecule has 6 nitrogen and oxygen atoms in total. The lowest BCUT2D eigenvalue weighted by Gasteiger charge is -2.28. The second-order valence-corrected chi connectivity index (χ2v) is 6.46. The summed E-state index contributed by atoms with van der Waals surface area (Å²) >= 11 is 0. The molecule has 0 saturated carbocycles. The summed E-state index contributed by atoms with van der Waals surface area (Å²) in [4.78, 5) is 24.9. The fourth-order valence-electron chi connectivity index (χ4n) is 3.71. The van der Waals surface area contributed by atoms with E-state index in [-0.39, 0.29) is 23.5 Å². The first-order valence-corrected chi connectivity index (χ1v) is 8.75. The van der Waals surface area contributed by atoms with Crippen molar-refractivity contribution in [1.29, 1.82) is 0 Å². The highest BCUT2D eigenvalue weighted by Crippen LogP contribution is 2.43. The van der Waals surface area contributed by atoms with Gasteiger partial charge in [0.15, 0.2) is 17.3 Å². The van der Waals surface area contributed by atoms with Gasteiger partial charge in [-0.2, -0.15) is 0 Å². The van der Waals surface area contributed by atoms with E-state index >= 15 is 0 Å². The van der Waals surface area contributed by atoms with Crippen molar-refractivity contribution < 1.29 is 28.9 Å². The highest BCUT2D eigenvalue weighted by Gasteiger charge is 2.33. The zero-order valence-corrected chi connectivity index (χ0v) is 15.4. The number of carboxylic acid groups (broad SMARTS) is 1. The summed E-state index contributed by atoms with van der Waals surface area (Å²) < 4.78 is 16.5. The molecule has 28 heavy (non-hydrogen) atoms. The summed E-state index contributed by atoms with van der Waals surface area (Å²) in [6.45, 7) is 0. The van der Waals surface area contributed by atoms with Crippen LogP contribution in [0.1, 0.15) is 38.8 Å². The predicted molar refractivity (Wildman–Crippen MR) is 103 cm³/mol. The molecule has 0 saturated heterocycles. The predicted octanol–water partition coefficient (Wildman–Crippen LogP) is 4.26. The molecule has 1 aliphatic heterocycles. The van der Waals surface area contributed by atoms with Crippen molar-refractivity contribution in [2.45, 2.75) is 12.5 Å². The Balaban J connectivity index is 1.84. The summed E-state index contributed by atoms with van der Waals surface area (Å²) in [7, 11) is 2.81. The van der Waals surface area contributed by atoms with Crippen molar-refractivity contribution in [1.82, 2.24) is 0 Å². The van der Waals surface area contributed by atoms with Gasteiger partial charge in [-0.25, -0.2) is 4.79 Å². The van der Waals surface area contributed by atoms with E-state index in [1.54, 1.807) is 18.2 Å². The molecular formula is C22H18O6. The van der Waals surface area contributed by atoms with Crippen LogP contribution in [0.5, 0.6) is 17.2 Å².